The van der Waals surface area contributed by atoms with Gasteiger partial charge >= 0.3 is 5.69 Å². The van der Waals surface area contributed by atoms with Crippen LogP contribution in [0.4, 0.5) is 5.69 Å². The highest BCUT2D eigenvalue weighted by Gasteiger charge is 2.21. The number of H-pyrrole nitrogens is 1. The van der Waals surface area contributed by atoms with Gasteiger partial charge in [0.1, 0.15) is 0 Å². The van der Waals surface area contributed by atoms with Gasteiger partial charge in [0.05, 0.1) is 4.92 Å². The van der Waals surface area contributed by atoms with Gasteiger partial charge in [0, 0.05) is 17.1 Å². The maximum atomic E-state index is 10.9. The first-order valence-corrected chi connectivity index (χ1v) is 6.01. The van der Waals surface area contributed by atoms with E-state index in [0.717, 1.165) is 16.5 Å². The van der Waals surface area contributed by atoms with E-state index in [0.29, 0.717) is 0 Å². The van der Waals surface area contributed by atoms with E-state index in [1.54, 1.807) is 19.1 Å². The number of nitrogens with zero attached hydrogens (tertiary/aromatic N) is 2. The standard InChI is InChI=1S/C14H11N3O3/c1-9-14(17(18)19)13(20-16-9)7-6-10-8-15-12-5-3-2-4-11(10)12/h2-8,15H,1H3/b7-6-. The zero-order chi connectivity index (χ0) is 14.1. The second-order valence-corrected chi connectivity index (χ2v) is 4.36. The lowest BCUT2D eigenvalue weighted by Crippen LogP contribution is -1.90. The van der Waals surface area contributed by atoms with E-state index in [2.05, 4.69) is 10.1 Å². The number of hydrogen-bond acceptors (Lipinski definition) is 4. The molecule has 0 saturated carbocycles. The van der Waals surface area contributed by atoms with Crippen LogP contribution in [0, 0.1) is 17.0 Å². The van der Waals surface area contributed by atoms with Crippen LogP contribution >= 0.6 is 0 Å². The summed E-state index contributed by atoms with van der Waals surface area (Å²) in [6.07, 6.45) is 5.18. The second-order valence-electron chi connectivity index (χ2n) is 4.36. The van der Waals surface area contributed by atoms with E-state index >= 15 is 0 Å². The van der Waals surface area contributed by atoms with Crippen LogP contribution in [0.25, 0.3) is 23.1 Å². The number of hydrogen-bond donors (Lipinski definition) is 1. The van der Waals surface area contributed by atoms with Crippen molar-refractivity contribution >= 4 is 28.7 Å². The Morgan fingerprint density at radius 1 is 1.35 bits per heavy atom. The van der Waals surface area contributed by atoms with Gasteiger partial charge in [0.25, 0.3) is 0 Å². The van der Waals surface area contributed by atoms with Crippen LogP contribution in [0.2, 0.25) is 0 Å². The molecule has 0 aliphatic heterocycles. The van der Waals surface area contributed by atoms with Crippen molar-refractivity contribution in [2.75, 3.05) is 0 Å². The summed E-state index contributed by atoms with van der Waals surface area (Å²) >= 11 is 0. The number of para-hydroxylation sites is 1. The molecule has 6 nitrogen and oxygen atoms in total. The van der Waals surface area contributed by atoms with Crippen LogP contribution in [0.1, 0.15) is 17.0 Å². The second kappa shape index (κ2) is 4.65. The molecule has 3 rings (SSSR count). The molecule has 3 aromatic rings. The fraction of sp³-hybridized carbons (Fsp3) is 0.0714. The minimum Gasteiger partial charge on any atom is -0.361 e. The third kappa shape index (κ3) is 1.97. The van der Waals surface area contributed by atoms with Crippen LogP contribution in [-0.4, -0.2) is 15.1 Å². The molecule has 0 radical (unpaired) electrons. The molecule has 2 heterocycles. The Morgan fingerprint density at radius 2 is 2.15 bits per heavy atom. The summed E-state index contributed by atoms with van der Waals surface area (Å²) in [6, 6.07) is 7.82. The molecule has 0 atom stereocenters. The first-order chi connectivity index (χ1) is 9.66. The van der Waals surface area contributed by atoms with Crippen LogP contribution < -0.4 is 0 Å². The average molecular weight is 269 g/mol. The smallest absolute Gasteiger partial charge is 0.338 e. The minimum absolute atomic E-state index is 0.0962. The maximum Gasteiger partial charge on any atom is 0.338 e. The van der Waals surface area contributed by atoms with Gasteiger partial charge < -0.3 is 9.51 Å². The third-order valence-electron chi connectivity index (χ3n) is 3.08. The van der Waals surface area contributed by atoms with E-state index in [4.69, 9.17) is 4.52 Å². The molecule has 1 N–H and O–H groups in total. The Bertz CT molecular complexity index is 814. The first kappa shape index (κ1) is 12.2. The molecule has 0 saturated heterocycles. The van der Waals surface area contributed by atoms with E-state index in [-0.39, 0.29) is 17.1 Å². The first-order valence-electron chi connectivity index (χ1n) is 6.01. The van der Waals surface area contributed by atoms with Gasteiger partial charge in [-0.1, -0.05) is 23.4 Å². The summed E-state index contributed by atoms with van der Waals surface area (Å²) < 4.78 is 4.98. The number of benzene rings is 1. The van der Waals surface area contributed by atoms with Crippen molar-refractivity contribution in [2.45, 2.75) is 6.92 Å². The summed E-state index contributed by atoms with van der Waals surface area (Å²) in [4.78, 5) is 13.6. The molecule has 0 unspecified atom stereocenters. The number of aromatic amines is 1. The SMILES string of the molecule is Cc1noc(/C=C\c2c[nH]c3ccccc23)c1[N+](=O)[O-]. The van der Waals surface area contributed by atoms with Gasteiger partial charge in [-0.25, -0.2) is 0 Å². The Kier molecular flexibility index (Phi) is 2.83. The summed E-state index contributed by atoms with van der Waals surface area (Å²) in [5.74, 6) is 0.151. The van der Waals surface area contributed by atoms with Crippen LogP contribution in [0.3, 0.4) is 0 Å². The molecule has 0 fully saturated rings. The number of nitrogens with one attached hydrogen (secondary N) is 1. The molecule has 0 bridgehead atoms. The fourth-order valence-electron chi connectivity index (χ4n) is 2.11. The van der Waals surface area contributed by atoms with Crippen LogP contribution in [-0.2, 0) is 0 Å². The zero-order valence-electron chi connectivity index (χ0n) is 10.7. The van der Waals surface area contributed by atoms with Gasteiger partial charge in [-0.05, 0) is 30.7 Å². The lowest BCUT2D eigenvalue weighted by Gasteiger charge is -1.90. The molecule has 100 valence electrons. The maximum absolute atomic E-state index is 10.9. The van der Waals surface area contributed by atoms with Crippen molar-refractivity contribution in [1.29, 1.82) is 0 Å². The summed E-state index contributed by atoms with van der Waals surface area (Å²) in [6.45, 7) is 1.55. The van der Waals surface area contributed by atoms with Crippen molar-refractivity contribution < 1.29 is 9.45 Å². The molecule has 2 aromatic heterocycles. The molecule has 0 spiro atoms. The monoisotopic (exact) mass is 269 g/mol. The number of nitro groups is 1. The topological polar surface area (TPSA) is 85.0 Å². The number of aryl methyl sites for hydroxylation is 1. The fourth-order valence-corrected chi connectivity index (χ4v) is 2.11. The highest BCUT2D eigenvalue weighted by atomic mass is 16.6. The lowest BCUT2D eigenvalue weighted by atomic mass is 10.1. The van der Waals surface area contributed by atoms with Gasteiger partial charge in [-0.15, -0.1) is 0 Å². The molecule has 0 aliphatic carbocycles. The number of fused-ring (bicyclic) bond motifs is 1. The Morgan fingerprint density at radius 3 is 2.95 bits per heavy atom. The van der Waals surface area contributed by atoms with E-state index in [9.17, 15) is 10.1 Å². The summed E-state index contributed by atoms with van der Waals surface area (Å²) in [7, 11) is 0. The number of rotatable bonds is 3. The van der Waals surface area contributed by atoms with Gasteiger partial charge in [0.15, 0.2) is 5.69 Å². The van der Waals surface area contributed by atoms with E-state index < -0.39 is 4.92 Å². The van der Waals surface area contributed by atoms with Crippen LogP contribution in [0.5, 0.6) is 0 Å². The van der Waals surface area contributed by atoms with Crippen molar-refractivity contribution in [3.8, 4) is 0 Å². The van der Waals surface area contributed by atoms with E-state index in [1.165, 1.54) is 0 Å². The van der Waals surface area contributed by atoms with Crippen LogP contribution in [0.15, 0.2) is 35.0 Å². The summed E-state index contributed by atoms with van der Waals surface area (Å²) in [5.41, 5.74) is 2.12. The molecule has 0 amide bonds. The van der Waals surface area contributed by atoms with E-state index in [1.807, 2.05) is 30.5 Å². The molecule has 6 heteroatoms. The highest BCUT2D eigenvalue weighted by Crippen LogP contribution is 2.26. The van der Waals surface area contributed by atoms with Crippen molar-refractivity contribution in [2.24, 2.45) is 0 Å². The average Bonchev–Trinajstić information content (AvgIpc) is 3.00. The molecular weight excluding hydrogens is 258 g/mol. The quantitative estimate of drug-likeness (QED) is 0.582. The highest BCUT2D eigenvalue weighted by molar-refractivity contribution is 5.91. The Labute approximate surface area is 113 Å². The minimum atomic E-state index is -0.485. The van der Waals surface area contributed by atoms with Crippen molar-refractivity contribution in [3.05, 3.63) is 57.6 Å². The van der Waals surface area contributed by atoms with Crippen molar-refractivity contribution in [3.63, 3.8) is 0 Å². The number of aromatic nitrogens is 2. The Balaban J connectivity index is 2.01. The van der Waals surface area contributed by atoms with Gasteiger partial charge in [-0.2, -0.15) is 0 Å². The molecule has 1 aromatic carbocycles. The molecule has 20 heavy (non-hydrogen) atoms. The normalized spacial score (nSPS) is 11.4. The predicted octanol–water partition coefficient (Wildman–Crippen LogP) is 3.54. The predicted molar refractivity (Wildman–Crippen MR) is 75.1 cm³/mol. The Hall–Kier alpha value is -2.89. The van der Waals surface area contributed by atoms with Crippen molar-refractivity contribution in [1.82, 2.24) is 10.1 Å². The zero-order valence-corrected chi connectivity index (χ0v) is 10.7. The van der Waals surface area contributed by atoms with Gasteiger partial charge in [-0.3, -0.25) is 10.1 Å². The third-order valence-corrected chi connectivity index (χ3v) is 3.08. The molecular formula is C14H11N3O3. The molecule has 0 aliphatic rings. The van der Waals surface area contributed by atoms with Gasteiger partial charge in [0.2, 0.25) is 5.76 Å². The lowest BCUT2D eigenvalue weighted by molar-refractivity contribution is -0.386. The largest absolute Gasteiger partial charge is 0.361 e. The summed E-state index contributed by atoms with van der Waals surface area (Å²) in [5, 5.41) is 15.6.